The first-order chi connectivity index (χ1) is 10.0. The van der Waals surface area contributed by atoms with Gasteiger partial charge in [-0.2, -0.15) is 0 Å². The van der Waals surface area contributed by atoms with Gasteiger partial charge in [0.15, 0.2) is 5.96 Å². The standard InChI is InChI=1S/C15H26N4O2.HI/c1-5-16-14(18-10-15(4)7-6-8-20-15)17-9-13-11(2)19-21-12(13)3;/h5-10H2,1-4H3,(H2,16,17,18);1H. The number of nitrogens with one attached hydrogen (secondary N) is 2. The summed E-state index contributed by atoms with van der Waals surface area (Å²) in [5, 5.41) is 10.6. The first-order valence-corrected chi connectivity index (χ1v) is 7.62. The van der Waals surface area contributed by atoms with Crippen LogP contribution in [-0.4, -0.2) is 36.4 Å². The van der Waals surface area contributed by atoms with Crippen LogP contribution >= 0.6 is 24.0 Å². The van der Waals surface area contributed by atoms with Gasteiger partial charge >= 0.3 is 0 Å². The number of halogens is 1. The van der Waals surface area contributed by atoms with Gasteiger partial charge in [-0.05, 0) is 40.5 Å². The molecule has 126 valence electrons. The molecule has 1 saturated heterocycles. The van der Waals surface area contributed by atoms with E-state index in [9.17, 15) is 0 Å². The summed E-state index contributed by atoms with van der Waals surface area (Å²) in [5.74, 6) is 1.63. The predicted octanol–water partition coefficient (Wildman–Crippen LogP) is 2.53. The van der Waals surface area contributed by atoms with Crippen molar-refractivity contribution in [2.75, 3.05) is 19.7 Å². The van der Waals surface area contributed by atoms with Crippen molar-refractivity contribution in [3.63, 3.8) is 0 Å². The molecule has 2 rings (SSSR count). The van der Waals surface area contributed by atoms with Gasteiger partial charge in [0.1, 0.15) is 5.76 Å². The summed E-state index contributed by atoms with van der Waals surface area (Å²) >= 11 is 0. The van der Waals surface area contributed by atoms with Gasteiger partial charge in [0.2, 0.25) is 0 Å². The molecule has 1 aromatic heterocycles. The van der Waals surface area contributed by atoms with E-state index >= 15 is 0 Å². The third kappa shape index (κ3) is 5.12. The molecule has 0 amide bonds. The van der Waals surface area contributed by atoms with Crippen molar-refractivity contribution in [1.82, 2.24) is 15.8 Å². The highest BCUT2D eigenvalue weighted by molar-refractivity contribution is 14.0. The molecule has 1 aromatic rings. The van der Waals surface area contributed by atoms with Gasteiger partial charge in [-0.15, -0.1) is 24.0 Å². The van der Waals surface area contributed by atoms with Gasteiger partial charge in [0.25, 0.3) is 0 Å². The fraction of sp³-hybridized carbons (Fsp3) is 0.733. The molecule has 1 fully saturated rings. The summed E-state index contributed by atoms with van der Waals surface area (Å²) in [5.41, 5.74) is 1.87. The van der Waals surface area contributed by atoms with E-state index in [4.69, 9.17) is 9.26 Å². The Labute approximate surface area is 149 Å². The van der Waals surface area contributed by atoms with Crippen molar-refractivity contribution in [3.05, 3.63) is 17.0 Å². The molecule has 0 saturated carbocycles. The Kier molecular flexibility index (Phi) is 7.61. The van der Waals surface area contributed by atoms with Crippen molar-refractivity contribution < 1.29 is 9.26 Å². The lowest BCUT2D eigenvalue weighted by Crippen LogP contribution is -2.45. The zero-order valence-electron chi connectivity index (χ0n) is 13.9. The summed E-state index contributed by atoms with van der Waals surface area (Å²) in [6.45, 7) is 11.1. The maximum atomic E-state index is 5.79. The largest absolute Gasteiger partial charge is 0.373 e. The third-order valence-corrected chi connectivity index (χ3v) is 3.85. The zero-order chi connectivity index (χ0) is 15.3. The number of aryl methyl sites for hydroxylation is 2. The second-order valence-corrected chi connectivity index (χ2v) is 5.75. The van der Waals surface area contributed by atoms with Crippen molar-refractivity contribution in [2.24, 2.45) is 4.99 Å². The lowest BCUT2D eigenvalue weighted by molar-refractivity contribution is 0.0243. The minimum atomic E-state index is -0.0841. The van der Waals surface area contributed by atoms with Crippen LogP contribution in [0.3, 0.4) is 0 Å². The first-order valence-electron chi connectivity index (χ1n) is 7.62. The predicted molar refractivity (Wildman–Crippen MR) is 97.8 cm³/mol. The van der Waals surface area contributed by atoms with E-state index < -0.39 is 0 Å². The highest BCUT2D eigenvalue weighted by atomic mass is 127. The van der Waals surface area contributed by atoms with Gasteiger partial charge in [0.05, 0.1) is 17.8 Å². The van der Waals surface area contributed by atoms with Crippen molar-refractivity contribution in [3.8, 4) is 0 Å². The topological polar surface area (TPSA) is 71.7 Å². The van der Waals surface area contributed by atoms with Crippen LogP contribution in [0, 0.1) is 13.8 Å². The van der Waals surface area contributed by atoms with E-state index in [-0.39, 0.29) is 29.6 Å². The number of ether oxygens (including phenoxy) is 1. The number of aromatic nitrogens is 1. The number of nitrogens with zero attached hydrogens (tertiary/aromatic N) is 2. The molecular weight excluding hydrogens is 395 g/mol. The second-order valence-electron chi connectivity index (χ2n) is 5.75. The average Bonchev–Trinajstić information content (AvgIpc) is 3.02. The molecule has 22 heavy (non-hydrogen) atoms. The lowest BCUT2D eigenvalue weighted by Gasteiger charge is -2.24. The normalized spacial score (nSPS) is 21.5. The van der Waals surface area contributed by atoms with Crippen LogP contribution in [0.25, 0.3) is 0 Å². The second kappa shape index (κ2) is 8.71. The van der Waals surface area contributed by atoms with Crippen LogP contribution in [-0.2, 0) is 11.3 Å². The molecule has 7 heteroatoms. The van der Waals surface area contributed by atoms with Gasteiger partial charge in [-0.3, -0.25) is 0 Å². The summed E-state index contributed by atoms with van der Waals surface area (Å²) in [6, 6.07) is 0. The first kappa shape index (κ1) is 19.2. The van der Waals surface area contributed by atoms with Crippen LogP contribution < -0.4 is 10.6 Å². The molecule has 1 atom stereocenters. The molecule has 0 radical (unpaired) electrons. The Bertz CT molecular complexity index is 476. The molecule has 1 aliphatic heterocycles. The summed E-state index contributed by atoms with van der Waals surface area (Å²) in [7, 11) is 0. The van der Waals surface area contributed by atoms with E-state index in [0.717, 1.165) is 55.5 Å². The van der Waals surface area contributed by atoms with Crippen molar-refractivity contribution in [2.45, 2.75) is 52.7 Å². The molecular formula is C15H27IN4O2. The molecule has 2 N–H and O–H groups in total. The Morgan fingerprint density at radius 2 is 2.14 bits per heavy atom. The van der Waals surface area contributed by atoms with Gasteiger partial charge in [-0.1, -0.05) is 5.16 Å². The van der Waals surface area contributed by atoms with Gasteiger partial charge < -0.3 is 19.9 Å². The van der Waals surface area contributed by atoms with Crippen LogP contribution in [0.15, 0.2) is 9.52 Å². The number of hydrogen-bond acceptors (Lipinski definition) is 4. The highest BCUT2D eigenvalue weighted by Crippen LogP contribution is 2.23. The molecule has 1 unspecified atom stereocenters. The van der Waals surface area contributed by atoms with Crippen LogP contribution in [0.5, 0.6) is 0 Å². The quantitative estimate of drug-likeness (QED) is 0.434. The molecule has 0 aromatic carbocycles. The lowest BCUT2D eigenvalue weighted by atomic mass is 10.0. The van der Waals surface area contributed by atoms with E-state index in [1.54, 1.807) is 0 Å². The SMILES string of the molecule is CCNC(=NCc1c(C)noc1C)NCC1(C)CCCO1.I. The number of aliphatic imine (C=N–C) groups is 1. The van der Waals surface area contributed by atoms with Crippen LogP contribution in [0.4, 0.5) is 0 Å². The maximum Gasteiger partial charge on any atom is 0.191 e. The molecule has 2 heterocycles. The fourth-order valence-corrected chi connectivity index (χ4v) is 2.47. The summed E-state index contributed by atoms with van der Waals surface area (Å²) < 4.78 is 11.0. The molecule has 6 nitrogen and oxygen atoms in total. The fourth-order valence-electron chi connectivity index (χ4n) is 2.47. The van der Waals surface area contributed by atoms with E-state index in [0.29, 0.717) is 6.54 Å². The van der Waals surface area contributed by atoms with Crippen molar-refractivity contribution in [1.29, 1.82) is 0 Å². The van der Waals surface area contributed by atoms with Gasteiger partial charge in [-0.25, -0.2) is 4.99 Å². The number of guanidine groups is 1. The summed E-state index contributed by atoms with van der Waals surface area (Å²) in [6.07, 6.45) is 2.22. The minimum Gasteiger partial charge on any atom is -0.373 e. The van der Waals surface area contributed by atoms with E-state index in [1.165, 1.54) is 0 Å². The van der Waals surface area contributed by atoms with Gasteiger partial charge in [0, 0.05) is 25.3 Å². The number of hydrogen-bond donors (Lipinski definition) is 2. The zero-order valence-corrected chi connectivity index (χ0v) is 16.2. The molecule has 0 aliphatic carbocycles. The molecule has 1 aliphatic rings. The van der Waals surface area contributed by atoms with E-state index in [1.807, 2.05) is 13.8 Å². The smallest absolute Gasteiger partial charge is 0.191 e. The minimum absolute atomic E-state index is 0. The Balaban J connectivity index is 0.00000242. The monoisotopic (exact) mass is 422 g/mol. The summed E-state index contributed by atoms with van der Waals surface area (Å²) in [4.78, 5) is 4.61. The Hall–Kier alpha value is -0.830. The molecule has 0 bridgehead atoms. The Morgan fingerprint density at radius 3 is 2.68 bits per heavy atom. The Morgan fingerprint density at radius 1 is 1.36 bits per heavy atom. The third-order valence-electron chi connectivity index (χ3n) is 3.85. The highest BCUT2D eigenvalue weighted by Gasteiger charge is 2.29. The van der Waals surface area contributed by atoms with Crippen LogP contribution in [0.2, 0.25) is 0 Å². The molecule has 0 spiro atoms. The maximum absolute atomic E-state index is 5.79. The average molecular weight is 422 g/mol. The van der Waals surface area contributed by atoms with Crippen molar-refractivity contribution >= 4 is 29.9 Å². The number of rotatable bonds is 5. The van der Waals surface area contributed by atoms with E-state index in [2.05, 4.69) is 34.6 Å². The van der Waals surface area contributed by atoms with Crippen LogP contribution in [0.1, 0.15) is 43.7 Å².